The Kier molecular flexibility index (Phi) is 5.84. The standard InChI is InChI=1S/C44H26N2O2/c1-3-12-27(13-4-1)29-16-11-17-31(24-29)40-43-41(35-20-9-10-21-38(35)47-43)46-44(45-40)37-26-36-33-23-22-30(28-14-5-2-6-15-28)25-39(33)48-42(36)34-19-8-7-18-32(34)37/h1-26H. The Balaban J connectivity index is 1.25. The number of furan rings is 2. The first-order valence-electron chi connectivity index (χ1n) is 16.1. The number of rotatable bonds is 4. The molecule has 0 aliphatic rings. The second kappa shape index (κ2) is 10.5. The zero-order valence-corrected chi connectivity index (χ0v) is 25.7. The largest absolute Gasteiger partial charge is 0.455 e. The molecule has 7 aromatic carbocycles. The van der Waals surface area contributed by atoms with Gasteiger partial charge in [0.15, 0.2) is 11.4 Å². The molecule has 0 N–H and O–H groups in total. The monoisotopic (exact) mass is 614 g/mol. The molecular weight excluding hydrogens is 588 g/mol. The van der Waals surface area contributed by atoms with Gasteiger partial charge in [-0.1, -0.05) is 121 Å². The van der Waals surface area contributed by atoms with Gasteiger partial charge in [0.1, 0.15) is 28.0 Å². The van der Waals surface area contributed by atoms with E-state index in [1.165, 1.54) is 0 Å². The SMILES string of the molecule is c1ccc(-c2cccc(-c3nc(-c4cc5c6ccc(-c7ccccc7)cc6oc5c5ccccc45)nc4c3oc3ccccc34)c2)cc1. The van der Waals surface area contributed by atoms with Gasteiger partial charge in [-0.05, 0) is 64.0 Å². The van der Waals surface area contributed by atoms with Crippen LogP contribution in [0.15, 0.2) is 167 Å². The van der Waals surface area contributed by atoms with Crippen LogP contribution in [-0.4, -0.2) is 9.97 Å². The van der Waals surface area contributed by atoms with Crippen LogP contribution in [0.3, 0.4) is 0 Å². The quantitative estimate of drug-likeness (QED) is 0.198. The van der Waals surface area contributed by atoms with Crippen molar-refractivity contribution in [3.8, 4) is 44.9 Å². The van der Waals surface area contributed by atoms with E-state index < -0.39 is 0 Å². The number of benzene rings is 7. The van der Waals surface area contributed by atoms with E-state index in [2.05, 4.69) is 127 Å². The Labute approximate surface area is 275 Å². The van der Waals surface area contributed by atoms with Crippen molar-refractivity contribution < 1.29 is 8.83 Å². The van der Waals surface area contributed by atoms with Gasteiger partial charge in [-0.15, -0.1) is 0 Å². The molecule has 0 amide bonds. The summed E-state index contributed by atoms with van der Waals surface area (Å²) in [6.45, 7) is 0. The fourth-order valence-electron chi connectivity index (χ4n) is 6.98. The van der Waals surface area contributed by atoms with Gasteiger partial charge in [0, 0.05) is 32.7 Å². The average Bonchev–Trinajstić information content (AvgIpc) is 3.73. The van der Waals surface area contributed by atoms with Crippen molar-refractivity contribution in [2.24, 2.45) is 0 Å². The Morgan fingerprint density at radius 1 is 0.354 bits per heavy atom. The van der Waals surface area contributed by atoms with Crippen molar-refractivity contribution in [3.63, 3.8) is 0 Å². The second-order valence-corrected chi connectivity index (χ2v) is 12.1. The van der Waals surface area contributed by atoms with Crippen LogP contribution in [0.5, 0.6) is 0 Å². The van der Waals surface area contributed by atoms with Crippen molar-refractivity contribution in [1.82, 2.24) is 9.97 Å². The van der Waals surface area contributed by atoms with Gasteiger partial charge in [-0.2, -0.15) is 0 Å². The van der Waals surface area contributed by atoms with E-state index in [1.54, 1.807) is 0 Å². The average molecular weight is 615 g/mol. The number of nitrogens with zero attached hydrogens (tertiary/aromatic N) is 2. The lowest BCUT2D eigenvalue weighted by Gasteiger charge is -2.10. The Hall–Kier alpha value is -6.52. The van der Waals surface area contributed by atoms with Crippen LogP contribution in [0.2, 0.25) is 0 Å². The minimum absolute atomic E-state index is 0.641. The molecule has 0 bridgehead atoms. The summed E-state index contributed by atoms with van der Waals surface area (Å²) in [4.78, 5) is 10.6. The molecule has 3 heterocycles. The predicted molar refractivity (Wildman–Crippen MR) is 196 cm³/mol. The van der Waals surface area contributed by atoms with E-state index >= 15 is 0 Å². The molecule has 0 aliphatic heterocycles. The second-order valence-electron chi connectivity index (χ2n) is 12.1. The molecule has 10 aromatic rings. The molecule has 3 aromatic heterocycles. The Bertz CT molecular complexity index is 2830. The maximum atomic E-state index is 6.63. The van der Waals surface area contributed by atoms with E-state index in [0.717, 1.165) is 88.3 Å². The molecule has 48 heavy (non-hydrogen) atoms. The van der Waals surface area contributed by atoms with Crippen LogP contribution >= 0.6 is 0 Å². The minimum atomic E-state index is 0.641. The van der Waals surface area contributed by atoms with Crippen LogP contribution in [0.4, 0.5) is 0 Å². The summed E-state index contributed by atoms with van der Waals surface area (Å²) < 4.78 is 13.1. The molecule has 0 unspecified atom stereocenters. The topological polar surface area (TPSA) is 52.1 Å². The third kappa shape index (κ3) is 4.16. The lowest BCUT2D eigenvalue weighted by molar-refractivity contribution is 0.667. The highest BCUT2D eigenvalue weighted by Crippen LogP contribution is 2.42. The zero-order chi connectivity index (χ0) is 31.6. The molecule has 0 atom stereocenters. The molecule has 0 spiro atoms. The van der Waals surface area contributed by atoms with Crippen LogP contribution in [0.1, 0.15) is 0 Å². The summed E-state index contributed by atoms with van der Waals surface area (Å²) in [5, 5.41) is 5.11. The first kappa shape index (κ1) is 26.7. The Morgan fingerprint density at radius 2 is 0.979 bits per heavy atom. The fraction of sp³-hybridized carbons (Fsp3) is 0. The van der Waals surface area contributed by atoms with E-state index in [0.29, 0.717) is 11.4 Å². The van der Waals surface area contributed by atoms with Crippen molar-refractivity contribution in [2.75, 3.05) is 0 Å². The van der Waals surface area contributed by atoms with Gasteiger partial charge in [-0.25, -0.2) is 9.97 Å². The van der Waals surface area contributed by atoms with Gasteiger partial charge < -0.3 is 8.83 Å². The summed E-state index contributed by atoms with van der Waals surface area (Å²) >= 11 is 0. The van der Waals surface area contributed by atoms with Crippen molar-refractivity contribution in [2.45, 2.75) is 0 Å². The molecule has 0 aliphatic carbocycles. The molecule has 0 saturated carbocycles. The van der Waals surface area contributed by atoms with Crippen molar-refractivity contribution in [3.05, 3.63) is 158 Å². The third-order valence-electron chi connectivity index (χ3n) is 9.29. The summed E-state index contributed by atoms with van der Waals surface area (Å²) in [5.74, 6) is 0.641. The Morgan fingerprint density at radius 3 is 1.77 bits per heavy atom. The third-order valence-corrected chi connectivity index (χ3v) is 9.29. The van der Waals surface area contributed by atoms with Gasteiger partial charge in [0.25, 0.3) is 0 Å². The molecule has 4 nitrogen and oxygen atoms in total. The summed E-state index contributed by atoms with van der Waals surface area (Å²) in [6.07, 6.45) is 0. The number of hydrogen-bond acceptors (Lipinski definition) is 4. The van der Waals surface area contributed by atoms with Crippen LogP contribution in [0.25, 0.3) is 99.7 Å². The maximum absolute atomic E-state index is 6.63. The molecule has 4 heteroatoms. The highest BCUT2D eigenvalue weighted by atomic mass is 16.3. The smallest absolute Gasteiger partial charge is 0.180 e. The maximum Gasteiger partial charge on any atom is 0.180 e. The molecule has 0 fully saturated rings. The lowest BCUT2D eigenvalue weighted by atomic mass is 9.98. The zero-order valence-electron chi connectivity index (χ0n) is 25.7. The van der Waals surface area contributed by atoms with E-state index in [-0.39, 0.29) is 0 Å². The number of fused-ring (bicyclic) bond motifs is 8. The van der Waals surface area contributed by atoms with Gasteiger partial charge in [-0.3, -0.25) is 0 Å². The van der Waals surface area contributed by atoms with Crippen LogP contribution in [-0.2, 0) is 0 Å². The number of aromatic nitrogens is 2. The molecule has 224 valence electrons. The van der Waals surface area contributed by atoms with Crippen molar-refractivity contribution >= 4 is 54.8 Å². The van der Waals surface area contributed by atoms with Gasteiger partial charge in [0.2, 0.25) is 0 Å². The van der Waals surface area contributed by atoms with Gasteiger partial charge in [0.05, 0.1) is 0 Å². The van der Waals surface area contributed by atoms with E-state index in [9.17, 15) is 0 Å². The number of para-hydroxylation sites is 1. The van der Waals surface area contributed by atoms with Crippen molar-refractivity contribution in [1.29, 1.82) is 0 Å². The highest BCUT2D eigenvalue weighted by Gasteiger charge is 2.21. The van der Waals surface area contributed by atoms with E-state index in [1.807, 2.05) is 30.3 Å². The summed E-state index contributed by atoms with van der Waals surface area (Å²) in [7, 11) is 0. The highest BCUT2D eigenvalue weighted by molar-refractivity contribution is 6.19. The first-order chi connectivity index (χ1) is 23.8. The summed E-state index contributed by atoms with van der Waals surface area (Å²) in [6, 6.07) is 54.4. The van der Waals surface area contributed by atoms with Crippen LogP contribution < -0.4 is 0 Å². The molecule has 0 saturated heterocycles. The lowest BCUT2D eigenvalue weighted by Crippen LogP contribution is -1.95. The molecule has 0 radical (unpaired) electrons. The summed E-state index contributed by atoms with van der Waals surface area (Å²) in [5.41, 5.74) is 11.2. The molecule has 10 rings (SSSR count). The fourth-order valence-corrected chi connectivity index (χ4v) is 6.98. The molecular formula is C44H26N2O2. The van der Waals surface area contributed by atoms with Gasteiger partial charge >= 0.3 is 0 Å². The number of hydrogen-bond donors (Lipinski definition) is 0. The normalized spacial score (nSPS) is 11.8. The minimum Gasteiger partial charge on any atom is -0.455 e. The predicted octanol–water partition coefficient (Wildman–Crippen LogP) is 12.1. The first-order valence-corrected chi connectivity index (χ1v) is 16.1. The van der Waals surface area contributed by atoms with E-state index in [4.69, 9.17) is 18.8 Å². The van der Waals surface area contributed by atoms with Crippen LogP contribution in [0, 0.1) is 0 Å².